The molecule has 0 amide bonds. The van der Waals surface area contributed by atoms with E-state index in [4.69, 9.17) is 9.47 Å². The summed E-state index contributed by atoms with van der Waals surface area (Å²) in [5.74, 6) is 1.58. The van der Waals surface area contributed by atoms with Crippen molar-refractivity contribution in [2.45, 2.75) is 19.4 Å². The maximum atomic E-state index is 13.1. The average Bonchev–Trinajstić information content (AvgIpc) is 3.22. The minimum atomic E-state index is 0.0112. The van der Waals surface area contributed by atoms with Crippen molar-refractivity contribution in [3.63, 3.8) is 0 Å². The molecule has 2 aliphatic heterocycles. The Balaban J connectivity index is 1.32. The highest BCUT2D eigenvalue weighted by Crippen LogP contribution is 2.34. The summed E-state index contributed by atoms with van der Waals surface area (Å²) in [4.78, 5) is 20.0. The van der Waals surface area contributed by atoms with Crippen molar-refractivity contribution < 1.29 is 14.3 Å². The number of carbonyl (C=O) groups is 1. The first kappa shape index (κ1) is 17.2. The summed E-state index contributed by atoms with van der Waals surface area (Å²) in [6.07, 6.45) is 3.80. The summed E-state index contributed by atoms with van der Waals surface area (Å²) < 4.78 is 10.8. The summed E-state index contributed by atoms with van der Waals surface area (Å²) in [7, 11) is 0. The van der Waals surface area contributed by atoms with Gasteiger partial charge in [0, 0.05) is 36.2 Å². The van der Waals surface area contributed by atoms with E-state index in [1.165, 1.54) is 5.56 Å². The highest BCUT2D eigenvalue weighted by molar-refractivity contribution is 5.98. The zero-order valence-corrected chi connectivity index (χ0v) is 15.6. The van der Waals surface area contributed by atoms with Crippen LogP contribution in [0.4, 0.5) is 0 Å². The van der Waals surface area contributed by atoms with E-state index in [0.717, 1.165) is 43.4 Å². The number of ketones is 1. The number of nitrogens with zero attached hydrogens (tertiary/aromatic N) is 2. The molecule has 2 aromatic carbocycles. The monoisotopic (exact) mass is 374 g/mol. The van der Waals surface area contributed by atoms with Gasteiger partial charge in [-0.1, -0.05) is 24.3 Å². The van der Waals surface area contributed by atoms with Crippen molar-refractivity contribution >= 4 is 16.7 Å². The number of piperidine rings is 1. The zero-order valence-electron chi connectivity index (χ0n) is 15.6. The lowest BCUT2D eigenvalue weighted by molar-refractivity contribution is 0.0811. The molecule has 0 aliphatic carbocycles. The molecule has 5 heteroatoms. The Morgan fingerprint density at radius 1 is 1.11 bits per heavy atom. The van der Waals surface area contributed by atoms with Crippen LogP contribution in [0, 0.1) is 5.92 Å². The van der Waals surface area contributed by atoms with Crippen molar-refractivity contribution in [2.24, 2.45) is 5.92 Å². The molecule has 0 radical (unpaired) electrons. The second kappa shape index (κ2) is 7.24. The molecule has 0 spiro atoms. The number of Topliss-reactive ketones (excluding diaryl/α,β-unsaturated/α-hetero) is 1. The fourth-order valence-electron chi connectivity index (χ4n) is 4.23. The van der Waals surface area contributed by atoms with E-state index in [1.807, 2.05) is 30.5 Å². The number of likely N-dealkylation sites (tertiary alicyclic amines) is 1. The first-order valence-electron chi connectivity index (χ1n) is 9.77. The van der Waals surface area contributed by atoms with Gasteiger partial charge in [-0.05, 0) is 49.2 Å². The van der Waals surface area contributed by atoms with E-state index < -0.39 is 0 Å². The molecule has 5 rings (SSSR count). The SMILES string of the molecule is O=C(c1ccc2c(c1)OCO2)C1CCCN(Cc2cccc3cccnc23)C1. The van der Waals surface area contributed by atoms with Crippen LogP contribution in [0.1, 0.15) is 28.8 Å². The maximum absolute atomic E-state index is 13.1. The molecule has 1 aromatic heterocycles. The molecule has 1 atom stereocenters. The predicted octanol–water partition coefficient (Wildman–Crippen LogP) is 4.06. The Kier molecular flexibility index (Phi) is 4.45. The fraction of sp³-hybridized carbons (Fsp3) is 0.304. The maximum Gasteiger partial charge on any atom is 0.231 e. The summed E-state index contributed by atoms with van der Waals surface area (Å²) in [6, 6.07) is 15.9. The van der Waals surface area contributed by atoms with Crippen molar-refractivity contribution in [1.82, 2.24) is 9.88 Å². The number of fused-ring (bicyclic) bond motifs is 2. The summed E-state index contributed by atoms with van der Waals surface area (Å²) in [5, 5.41) is 1.16. The van der Waals surface area contributed by atoms with Crippen LogP contribution in [-0.4, -0.2) is 35.5 Å². The summed E-state index contributed by atoms with van der Waals surface area (Å²) in [6.45, 7) is 2.83. The highest BCUT2D eigenvalue weighted by atomic mass is 16.7. The Morgan fingerprint density at radius 3 is 2.96 bits per heavy atom. The number of aromatic nitrogens is 1. The topological polar surface area (TPSA) is 51.7 Å². The number of rotatable bonds is 4. The van der Waals surface area contributed by atoms with Gasteiger partial charge < -0.3 is 9.47 Å². The first-order valence-corrected chi connectivity index (χ1v) is 9.77. The molecule has 0 bridgehead atoms. The second-order valence-corrected chi connectivity index (χ2v) is 7.50. The van der Waals surface area contributed by atoms with E-state index in [-0.39, 0.29) is 18.5 Å². The van der Waals surface area contributed by atoms with Crippen LogP contribution in [0.3, 0.4) is 0 Å². The lowest BCUT2D eigenvalue weighted by Crippen LogP contribution is -2.38. The largest absolute Gasteiger partial charge is 0.454 e. The molecule has 28 heavy (non-hydrogen) atoms. The molecule has 5 nitrogen and oxygen atoms in total. The number of hydrogen-bond donors (Lipinski definition) is 0. The highest BCUT2D eigenvalue weighted by Gasteiger charge is 2.28. The number of carbonyl (C=O) groups excluding carboxylic acids is 1. The molecular formula is C23H22N2O3. The van der Waals surface area contributed by atoms with Crippen LogP contribution in [-0.2, 0) is 6.54 Å². The average molecular weight is 374 g/mol. The van der Waals surface area contributed by atoms with Gasteiger partial charge in [0.05, 0.1) is 5.52 Å². The van der Waals surface area contributed by atoms with Gasteiger partial charge in [-0.15, -0.1) is 0 Å². The summed E-state index contributed by atoms with van der Waals surface area (Å²) in [5.41, 5.74) is 2.98. The third-order valence-corrected chi connectivity index (χ3v) is 5.64. The van der Waals surface area contributed by atoms with Gasteiger partial charge in [0.25, 0.3) is 0 Å². The van der Waals surface area contributed by atoms with Crippen LogP contribution < -0.4 is 9.47 Å². The number of para-hydroxylation sites is 1. The Bertz CT molecular complexity index is 1030. The molecule has 2 aliphatic rings. The van der Waals surface area contributed by atoms with Crippen molar-refractivity contribution in [2.75, 3.05) is 19.9 Å². The van der Waals surface area contributed by atoms with E-state index in [2.05, 4.69) is 34.1 Å². The van der Waals surface area contributed by atoms with Crippen molar-refractivity contribution in [3.05, 3.63) is 65.9 Å². The second-order valence-electron chi connectivity index (χ2n) is 7.50. The van der Waals surface area contributed by atoms with Gasteiger partial charge >= 0.3 is 0 Å². The molecule has 1 unspecified atom stereocenters. The zero-order chi connectivity index (χ0) is 18.9. The Morgan fingerprint density at radius 2 is 2.00 bits per heavy atom. The third-order valence-electron chi connectivity index (χ3n) is 5.64. The quantitative estimate of drug-likeness (QED) is 0.645. The number of hydrogen-bond acceptors (Lipinski definition) is 5. The van der Waals surface area contributed by atoms with Crippen LogP contribution in [0.15, 0.2) is 54.7 Å². The first-order chi connectivity index (χ1) is 13.8. The van der Waals surface area contributed by atoms with Crippen LogP contribution in [0.5, 0.6) is 11.5 Å². The van der Waals surface area contributed by atoms with Gasteiger partial charge in [0.2, 0.25) is 6.79 Å². The number of benzene rings is 2. The molecule has 0 saturated carbocycles. The van der Waals surface area contributed by atoms with E-state index >= 15 is 0 Å². The summed E-state index contributed by atoms with van der Waals surface area (Å²) >= 11 is 0. The van der Waals surface area contributed by atoms with Crippen molar-refractivity contribution in [1.29, 1.82) is 0 Å². The molecule has 0 N–H and O–H groups in total. The smallest absolute Gasteiger partial charge is 0.231 e. The van der Waals surface area contributed by atoms with E-state index in [9.17, 15) is 4.79 Å². The van der Waals surface area contributed by atoms with Crippen LogP contribution in [0.2, 0.25) is 0 Å². The molecule has 142 valence electrons. The van der Waals surface area contributed by atoms with Gasteiger partial charge in [-0.3, -0.25) is 14.7 Å². The number of pyridine rings is 1. The molecule has 1 saturated heterocycles. The number of ether oxygens (including phenoxy) is 2. The fourth-order valence-corrected chi connectivity index (χ4v) is 4.23. The Labute approximate surface area is 163 Å². The lowest BCUT2D eigenvalue weighted by atomic mass is 9.89. The van der Waals surface area contributed by atoms with Gasteiger partial charge in [0.1, 0.15) is 0 Å². The third kappa shape index (κ3) is 3.22. The molecular weight excluding hydrogens is 352 g/mol. The lowest BCUT2D eigenvalue weighted by Gasteiger charge is -2.32. The normalized spacial score (nSPS) is 19.1. The van der Waals surface area contributed by atoms with Gasteiger partial charge in [0.15, 0.2) is 17.3 Å². The molecule has 1 fully saturated rings. The standard InChI is InChI=1S/C23H22N2O3/c26-23(17-8-9-20-21(12-17)28-15-27-20)19-7-3-11-25(14-19)13-18-5-1-4-16-6-2-10-24-22(16)18/h1-2,4-6,8-10,12,19H,3,7,11,13-15H2. The molecule has 3 aromatic rings. The van der Waals surface area contributed by atoms with E-state index in [0.29, 0.717) is 17.1 Å². The molecule has 3 heterocycles. The van der Waals surface area contributed by atoms with Gasteiger partial charge in [-0.25, -0.2) is 0 Å². The van der Waals surface area contributed by atoms with Crippen LogP contribution >= 0.6 is 0 Å². The Hall–Kier alpha value is -2.92. The van der Waals surface area contributed by atoms with Crippen LogP contribution in [0.25, 0.3) is 10.9 Å². The van der Waals surface area contributed by atoms with E-state index in [1.54, 1.807) is 0 Å². The minimum absolute atomic E-state index is 0.0112. The van der Waals surface area contributed by atoms with Crippen molar-refractivity contribution in [3.8, 4) is 11.5 Å². The minimum Gasteiger partial charge on any atom is -0.454 e. The predicted molar refractivity (Wildman–Crippen MR) is 107 cm³/mol. The van der Waals surface area contributed by atoms with Gasteiger partial charge in [-0.2, -0.15) is 0 Å².